The topological polar surface area (TPSA) is 38.3 Å². The number of hydrogen-bond acceptors (Lipinski definition) is 2. The van der Waals surface area contributed by atoms with E-state index < -0.39 is 24.0 Å². The van der Waals surface area contributed by atoms with Gasteiger partial charge in [-0.3, -0.25) is 4.79 Å². The fourth-order valence-corrected chi connectivity index (χ4v) is 2.01. The van der Waals surface area contributed by atoms with E-state index >= 15 is 0 Å². The van der Waals surface area contributed by atoms with Gasteiger partial charge in [0.25, 0.3) is 0 Å². The smallest absolute Gasteiger partial charge is 0.463 e. The number of ether oxygens (including phenoxy) is 1. The van der Waals surface area contributed by atoms with E-state index in [4.69, 9.17) is 4.74 Å². The summed E-state index contributed by atoms with van der Waals surface area (Å²) in [6.07, 6.45) is -5.93. The van der Waals surface area contributed by atoms with Gasteiger partial charge in [0, 0.05) is 0 Å². The summed E-state index contributed by atoms with van der Waals surface area (Å²) >= 11 is 3.15. The third kappa shape index (κ3) is 3.84. The van der Waals surface area contributed by atoms with E-state index in [1.165, 1.54) is 32.2 Å². The monoisotopic (exact) mass is 375 g/mol. The fourth-order valence-electron chi connectivity index (χ4n) is 1.45. The van der Waals surface area contributed by atoms with Crippen molar-refractivity contribution in [3.05, 3.63) is 28.2 Å². The van der Waals surface area contributed by atoms with Crippen LogP contribution in [0, 0.1) is 0 Å². The molecule has 0 aliphatic heterocycles. The van der Waals surface area contributed by atoms with Crippen LogP contribution in [-0.4, -0.2) is 25.1 Å². The number of halogens is 6. The third-order valence-electron chi connectivity index (χ3n) is 2.66. The first kappa shape index (κ1) is 17.7. The van der Waals surface area contributed by atoms with Gasteiger partial charge in [-0.2, -0.15) is 22.0 Å². The van der Waals surface area contributed by atoms with Crippen LogP contribution in [0.5, 0.6) is 5.75 Å². The van der Waals surface area contributed by atoms with E-state index in [9.17, 15) is 26.7 Å². The molecule has 9 heteroatoms. The molecule has 0 bridgehead atoms. The van der Waals surface area contributed by atoms with Crippen LogP contribution in [0.25, 0.3) is 0 Å². The number of methoxy groups -OCH3 is 1. The molecule has 1 rings (SSSR count). The van der Waals surface area contributed by atoms with Crippen LogP contribution in [0.4, 0.5) is 22.0 Å². The molecule has 1 aromatic rings. The van der Waals surface area contributed by atoms with Crippen molar-refractivity contribution in [3.8, 4) is 5.75 Å². The van der Waals surface area contributed by atoms with Gasteiger partial charge in [-0.15, -0.1) is 0 Å². The summed E-state index contributed by atoms with van der Waals surface area (Å²) in [7, 11) is 1.41. The number of carbonyl (C=O) groups is 1. The van der Waals surface area contributed by atoms with Crippen LogP contribution in [0.1, 0.15) is 18.5 Å². The average Bonchev–Trinajstić information content (AvgIpc) is 2.36. The predicted octanol–water partition coefficient (Wildman–Crippen LogP) is 3.83. The second kappa shape index (κ2) is 6.17. The molecule has 21 heavy (non-hydrogen) atoms. The van der Waals surface area contributed by atoms with Gasteiger partial charge in [-0.05, 0) is 40.5 Å². The molecule has 0 radical (unpaired) electrons. The van der Waals surface area contributed by atoms with Crippen molar-refractivity contribution in [3.63, 3.8) is 0 Å². The van der Waals surface area contributed by atoms with Crippen molar-refractivity contribution in [2.75, 3.05) is 7.11 Å². The summed E-state index contributed by atoms with van der Waals surface area (Å²) in [5.41, 5.74) is 0.342. The molecule has 1 unspecified atom stereocenters. The Morgan fingerprint density at radius 1 is 1.29 bits per heavy atom. The second-order valence-corrected chi connectivity index (χ2v) is 5.02. The minimum atomic E-state index is -5.93. The van der Waals surface area contributed by atoms with Crippen LogP contribution in [0.3, 0.4) is 0 Å². The van der Waals surface area contributed by atoms with Gasteiger partial charge in [-0.25, -0.2) is 0 Å². The Balaban J connectivity index is 2.89. The zero-order valence-electron chi connectivity index (χ0n) is 10.9. The summed E-state index contributed by atoms with van der Waals surface area (Å²) in [6, 6.07) is 3.35. The fraction of sp³-hybridized carbons (Fsp3) is 0.417. The molecule has 1 aromatic carbocycles. The number of hydrogen-bond donors (Lipinski definition) is 1. The molecule has 0 saturated carbocycles. The highest BCUT2D eigenvalue weighted by molar-refractivity contribution is 9.10. The quantitative estimate of drug-likeness (QED) is 0.812. The lowest BCUT2D eigenvalue weighted by Crippen LogP contribution is -2.50. The predicted molar refractivity (Wildman–Crippen MR) is 68.3 cm³/mol. The Morgan fingerprint density at radius 2 is 1.86 bits per heavy atom. The summed E-state index contributed by atoms with van der Waals surface area (Å²) < 4.78 is 67.3. The van der Waals surface area contributed by atoms with Gasteiger partial charge in [0.05, 0.1) is 17.6 Å². The van der Waals surface area contributed by atoms with Gasteiger partial charge in [0.2, 0.25) is 0 Å². The van der Waals surface area contributed by atoms with E-state index in [0.717, 1.165) is 0 Å². The van der Waals surface area contributed by atoms with E-state index in [2.05, 4.69) is 15.9 Å². The summed E-state index contributed by atoms with van der Waals surface area (Å²) in [6.45, 7) is 1.29. The molecule has 0 aliphatic carbocycles. The molecular formula is C12H11BrF5NO2. The van der Waals surface area contributed by atoms with Crippen molar-refractivity contribution in [1.29, 1.82) is 0 Å². The number of nitrogens with one attached hydrogen (secondary N) is 1. The lowest BCUT2D eigenvalue weighted by atomic mass is 10.1. The molecule has 118 valence electrons. The Labute approximate surface area is 125 Å². The lowest BCUT2D eigenvalue weighted by Gasteiger charge is -2.22. The first-order valence-corrected chi connectivity index (χ1v) is 6.39. The maximum absolute atomic E-state index is 12.8. The molecule has 0 spiro atoms. The molecular weight excluding hydrogens is 365 g/mol. The maximum atomic E-state index is 12.8. The molecule has 0 aliphatic rings. The van der Waals surface area contributed by atoms with Crippen molar-refractivity contribution >= 4 is 21.8 Å². The Bertz CT molecular complexity index is 533. The van der Waals surface area contributed by atoms with E-state index in [-0.39, 0.29) is 0 Å². The SMILES string of the molecule is COc1ccc(C(C)NC(=O)C(F)(F)C(F)(F)F)cc1Br. The zero-order chi connectivity index (χ0) is 16.4. The highest BCUT2D eigenvalue weighted by Crippen LogP contribution is 2.36. The van der Waals surface area contributed by atoms with E-state index in [1.54, 1.807) is 5.32 Å². The summed E-state index contributed by atoms with van der Waals surface area (Å²) in [5.74, 6) is -7.38. The second-order valence-electron chi connectivity index (χ2n) is 4.16. The van der Waals surface area contributed by atoms with Crippen molar-refractivity contribution < 1.29 is 31.5 Å². The minimum Gasteiger partial charge on any atom is -0.496 e. The lowest BCUT2D eigenvalue weighted by molar-refractivity contribution is -0.270. The molecule has 3 nitrogen and oxygen atoms in total. The molecule has 0 heterocycles. The molecule has 1 amide bonds. The zero-order valence-corrected chi connectivity index (χ0v) is 12.5. The number of amides is 1. The van der Waals surface area contributed by atoms with Crippen LogP contribution >= 0.6 is 15.9 Å². The molecule has 1 N–H and O–H groups in total. The summed E-state index contributed by atoms with van der Waals surface area (Å²) in [5, 5.41) is 1.64. The van der Waals surface area contributed by atoms with Crippen molar-refractivity contribution in [1.82, 2.24) is 5.32 Å². The minimum absolute atomic E-state index is 0.342. The van der Waals surface area contributed by atoms with Gasteiger partial charge >= 0.3 is 18.0 Å². The molecule has 0 aromatic heterocycles. The van der Waals surface area contributed by atoms with E-state index in [1.807, 2.05) is 0 Å². The molecule has 0 fully saturated rings. The Morgan fingerprint density at radius 3 is 2.29 bits per heavy atom. The van der Waals surface area contributed by atoms with Crippen molar-refractivity contribution in [2.24, 2.45) is 0 Å². The first-order valence-electron chi connectivity index (χ1n) is 5.59. The molecule has 1 atom stereocenters. The van der Waals surface area contributed by atoms with E-state index in [0.29, 0.717) is 15.8 Å². The van der Waals surface area contributed by atoms with Crippen molar-refractivity contribution in [2.45, 2.75) is 25.1 Å². The summed E-state index contributed by atoms with van der Waals surface area (Å²) in [4.78, 5) is 11.1. The van der Waals surface area contributed by atoms with Crippen LogP contribution in [-0.2, 0) is 4.79 Å². The number of alkyl halides is 5. The number of benzene rings is 1. The Kier molecular flexibility index (Phi) is 5.19. The highest BCUT2D eigenvalue weighted by atomic mass is 79.9. The highest BCUT2D eigenvalue weighted by Gasteiger charge is 2.63. The average molecular weight is 376 g/mol. The van der Waals surface area contributed by atoms with Crippen LogP contribution in [0.15, 0.2) is 22.7 Å². The number of rotatable bonds is 4. The molecule has 0 saturated heterocycles. The first-order chi connectivity index (χ1) is 9.50. The van der Waals surface area contributed by atoms with Gasteiger partial charge < -0.3 is 10.1 Å². The van der Waals surface area contributed by atoms with Gasteiger partial charge in [0.1, 0.15) is 5.75 Å². The van der Waals surface area contributed by atoms with Crippen LogP contribution < -0.4 is 10.1 Å². The third-order valence-corrected chi connectivity index (χ3v) is 3.28. The van der Waals surface area contributed by atoms with Gasteiger partial charge in [0.15, 0.2) is 0 Å². The van der Waals surface area contributed by atoms with Crippen LogP contribution in [0.2, 0.25) is 0 Å². The standard InChI is InChI=1S/C12H11BrF5NO2/c1-6(7-3-4-9(21-2)8(13)5-7)19-10(20)11(14,15)12(16,17)18/h3-6H,1-2H3,(H,19,20). The largest absolute Gasteiger partial charge is 0.496 e. The Hall–Kier alpha value is -1.38. The maximum Gasteiger partial charge on any atom is 0.463 e. The number of carbonyl (C=O) groups excluding carboxylic acids is 1. The van der Waals surface area contributed by atoms with Gasteiger partial charge in [-0.1, -0.05) is 6.07 Å². The normalized spacial score (nSPS) is 13.7.